The van der Waals surface area contributed by atoms with Crippen molar-refractivity contribution in [2.24, 2.45) is 0 Å². The van der Waals surface area contributed by atoms with Crippen molar-refractivity contribution in [2.45, 2.75) is 45.7 Å². The lowest BCUT2D eigenvalue weighted by atomic mass is 10.2. The molecule has 4 heteroatoms. The molecule has 114 valence electrons. The largest absolute Gasteiger partial charge is 0.497 e. The molecule has 0 amide bonds. The van der Waals surface area contributed by atoms with Crippen LogP contribution in [0.4, 0.5) is 0 Å². The Hall–Kier alpha value is -1.57. The lowest BCUT2D eigenvalue weighted by Gasteiger charge is -2.11. The summed E-state index contributed by atoms with van der Waals surface area (Å²) in [7, 11) is 0.154. The molecule has 21 heavy (non-hydrogen) atoms. The van der Waals surface area contributed by atoms with Crippen LogP contribution in [0.25, 0.3) is 0 Å². The summed E-state index contributed by atoms with van der Waals surface area (Å²) in [6.45, 7) is 8.75. The number of carbonyl (C=O) groups is 1. The van der Waals surface area contributed by atoms with Crippen molar-refractivity contribution in [3.8, 4) is 17.2 Å². The van der Waals surface area contributed by atoms with Crippen LogP contribution in [0.3, 0.4) is 0 Å². The zero-order valence-electron chi connectivity index (χ0n) is 13.5. The third-order valence-electron chi connectivity index (χ3n) is 2.74. The number of hydrogen-bond acceptors (Lipinski definition) is 3. The molecule has 0 unspecified atom stereocenters. The van der Waals surface area contributed by atoms with Crippen LogP contribution in [0.1, 0.15) is 18.9 Å². The van der Waals surface area contributed by atoms with Crippen LogP contribution in [0.15, 0.2) is 24.3 Å². The molecule has 0 spiro atoms. The summed E-state index contributed by atoms with van der Waals surface area (Å²) in [5.41, 5.74) is 4.14. The monoisotopic (exact) mass is 304 g/mol. The number of rotatable bonds is 6. The molecule has 0 aliphatic rings. The standard InChI is InChI=1S/C17H24O3Si/c1-14(12-16(18)10-11-21(3,4)5)20-13-15-6-8-17(19-2)9-7-15/h6-9,14H,12-13H2,1-5H3/t14-/m1/s1. The SMILES string of the molecule is COc1ccc(CO[C@H](C)CC(=O)C#C[Si](C)(C)C)cc1. The van der Waals surface area contributed by atoms with Crippen LogP contribution in [-0.2, 0) is 16.1 Å². The van der Waals surface area contributed by atoms with Gasteiger partial charge in [-0.05, 0) is 30.5 Å². The fourth-order valence-electron chi connectivity index (χ4n) is 1.59. The minimum absolute atomic E-state index is 0.0420. The maximum absolute atomic E-state index is 11.7. The third-order valence-corrected chi connectivity index (χ3v) is 3.62. The molecule has 0 fully saturated rings. The van der Waals surface area contributed by atoms with Gasteiger partial charge in [-0.1, -0.05) is 31.8 Å². The van der Waals surface area contributed by atoms with Gasteiger partial charge in [0.1, 0.15) is 13.8 Å². The van der Waals surface area contributed by atoms with E-state index < -0.39 is 8.07 Å². The zero-order chi connectivity index (χ0) is 15.9. The molecule has 1 aromatic rings. The molecule has 1 aromatic carbocycles. The summed E-state index contributed by atoms with van der Waals surface area (Å²) in [4.78, 5) is 11.7. The van der Waals surface area contributed by atoms with Crippen molar-refractivity contribution in [3.63, 3.8) is 0 Å². The maximum Gasteiger partial charge on any atom is 0.207 e. The van der Waals surface area contributed by atoms with Crippen LogP contribution < -0.4 is 4.74 Å². The Morgan fingerprint density at radius 2 is 1.86 bits per heavy atom. The van der Waals surface area contributed by atoms with Crippen LogP contribution in [0, 0.1) is 11.5 Å². The number of benzene rings is 1. The first-order valence-corrected chi connectivity index (χ1v) is 10.6. The van der Waals surface area contributed by atoms with Crippen LogP contribution in [-0.4, -0.2) is 27.1 Å². The van der Waals surface area contributed by atoms with Gasteiger partial charge in [-0.3, -0.25) is 4.79 Å². The molecular weight excluding hydrogens is 280 g/mol. The van der Waals surface area contributed by atoms with Crippen molar-refractivity contribution in [2.75, 3.05) is 7.11 Å². The lowest BCUT2D eigenvalue weighted by Crippen LogP contribution is -2.18. The van der Waals surface area contributed by atoms with Gasteiger partial charge < -0.3 is 9.47 Å². The summed E-state index contributed by atoms with van der Waals surface area (Å²) in [6, 6.07) is 7.71. The Morgan fingerprint density at radius 1 is 1.24 bits per heavy atom. The molecule has 1 atom stereocenters. The van der Waals surface area contributed by atoms with E-state index in [0.29, 0.717) is 13.0 Å². The van der Waals surface area contributed by atoms with Gasteiger partial charge in [-0.15, -0.1) is 5.54 Å². The molecule has 0 aliphatic heterocycles. The van der Waals surface area contributed by atoms with E-state index in [1.807, 2.05) is 31.2 Å². The molecule has 1 rings (SSSR count). The molecule has 0 heterocycles. The summed E-state index contributed by atoms with van der Waals surface area (Å²) in [5, 5.41) is 0. The summed E-state index contributed by atoms with van der Waals surface area (Å²) >= 11 is 0. The molecule has 0 bridgehead atoms. The molecule has 0 radical (unpaired) electrons. The summed E-state index contributed by atoms with van der Waals surface area (Å²) in [5.74, 6) is 3.52. The molecular formula is C17H24O3Si. The quantitative estimate of drug-likeness (QED) is 0.596. The average molecular weight is 304 g/mol. The number of carbonyl (C=O) groups excluding carboxylic acids is 1. The Bertz CT molecular complexity index is 518. The zero-order valence-corrected chi connectivity index (χ0v) is 14.5. The van der Waals surface area contributed by atoms with E-state index in [1.54, 1.807) is 7.11 Å². The predicted octanol–water partition coefficient (Wildman–Crippen LogP) is 3.44. The second kappa shape index (κ2) is 8.01. The first-order valence-electron chi connectivity index (χ1n) is 7.10. The first-order chi connectivity index (χ1) is 9.80. The lowest BCUT2D eigenvalue weighted by molar-refractivity contribution is -0.116. The van der Waals surface area contributed by atoms with E-state index in [9.17, 15) is 4.79 Å². The normalized spacial score (nSPS) is 12.2. The van der Waals surface area contributed by atoms with Gasteiger partial charge in [0.15, 0.2) is 0 Å². The second-order valence-electron chi connectivity index (χ2n) is 6.10. The summed E-state index contributed by atoms with van der Waals surface area (Å²) in [6.07, 6.45) is 0.212. The number of hydrogen-bond donors (Lipinski definition) is 0. The molecule has 0 saturated heterocycles. The maximum atomic E-state index is 11.7. The van der Waals surface area contributed by atoms with Crippen molar-refractivity contribution in [1.29, 1.82) is 0 Å². The number of methoxy groups -OCH3 is 1. The van der Waals surface area contributed by atoms with Crippen LogP contribution in [0.2, 0.25) is 19.6 Å². The summed E-state index contributed by atoms with van der Waals surface area (Å²) < 4.78 is 10.8. The minimum Gasteiger partial charge on any atom is -0.497 e. The first kappa shape index (κ1) is 17.5. The van der Waals surface area contributed by atoms with Gasteiger partial charge in [-0.2, -0.15) is 0 Å². The Balaban J connectivity index is 2.40. The van der Waals surface area contributed by atoms with Gasteiger partial charge in [0.25, 0.3) is 0 Å². The fourth-order valence-corrected chi connectivity index (χ4v) is 2.10. The van der Waals surface area contributed by atoms with Gasteiger partial charge in [0.2, 0.25) is 5.78 Å². The fraction of sp³-hybridized carbons (Fsp3) is 0.471. The van der Waals surface area contributed by atoms with Crippen LogP contribution in [0.5, 0.6) is 5.75 Å². The van der Waals surface area contributed by atoms with Crippen molar-refractivity contribution in [3.05, 3.63) is 29.8 Å². The van der Waals surface area contributed by atoms with Crippen molar-refractivity contribution >= 4 is 13.9 Å². The van der Waals surface area contributed by atoms with Crippen LogP contribution >= 0.6 is 0 Å². The molecule has 0 aliphatic carbocycles. The van der Waals surface area contributed by atoms with E-state index in [1.165, 1.54) is 0 Å². The van der Waals surface area contributed by atoms with E-state index in [-0.39, 0.29) is 11.9 Å². The number of Topliss-reactive ketones (excluding diaryl/α,β-unsaturated/α-hetero) is 1. The Labute approximate surface area is 128 Å². The van der Waals surface area contributed by atoms with E-state index >= 15 is 0 Å². The predicted molar refractivity (Wildman–Crippen MR) is 88.0 cm³/mol. The topological polar surface area (TPSA) is 35.5 Å². The smallest absolute Gasteiger partial charge is 0.207 e. The number of ketones is 1. The molecule has 0 aromatic heterocycles. The molecule has 3 nitrogen and oxygen atoms in total. The van der Waals surface area contributed by atoms with Gasteiger partial charge >= 0.3 is 0 Å². The average Bonchev–Trinajstić information content (AvgIpc) is 2.43. The highest BCUT2D eigenvalue weighted by Crippen LogP contribution is 2.13. The highest BCUT2D eigenvalue weighted by atomic mass is 28.3. The highest BCUT2D eigenvalue weighted by Gasteiger charge is 2.11. The Morgan fingerprint density at radius 3 is 2.38 bits per heavy atom. The molecule has 0 saturated carbocycles. The highest BCUT2D eigenvalue weighted by molar-refractivity contribution is 6.84. The molecule has 0 N–H and O–H groups in total. The van der Waals surface area contributed by atoms with E-state index in [2.05, 4.69) is 31.1 Å². The van der Waals surface area contributed by atoms with Crippen molar-refractivity contribution < 1.29 is 14.3 Å². The number of ether oxygens (including phenoxy) is 2. The third kappa shape index (κ3) is 7.69. The van der Waals surface area contributed by atoms with Gasteiger partial charge in [-0.25, -0.2) is 0 Å². The van der Waals surface area contributed by atoms with Crippen molar-refractivity contribution in [1.82, 2.24) is 0 Å². The van der Waals surface area contributed by atoms with E-state index in [4.69, 9.17) is 9.47 Å². The van der Waals surface area contributed by atoms with Gasteiger partial charge in [0.05, 0.1) is 19.8 Å². The van der Waals surface area contributed by atoms with Gasteiger partial charge in [0, 0.05) is 6.42 Å². The minimum atomic E-state index is -1.49. The Kier molecular flexibility index (Phi) is 6.67. The van der Waals surface area contributed by atoms with E-state index in [0.717, 1.165) is 11.3 Å². The second-order valence-corrected chi connectivity index (χ2v) is 10.8.